The quantitative estimate of drug-likeness (QED) is 0.545. The molecule has 0 aliphatic carbocycles. The van der Waals surface area contributed by atoms with Gasteiger partial charge in [0.2, 0.25) is 17.6 Å². The summed E-state index contributed by atoms with van der Waals surface area (Å²) < 4.78 is 10.5. The fourth-order valence-corrected chi connectivity index (χ4v) is 2.67. The molecule has 0 saturated carbocycles. The van der Waals surface area contributed by atoms with E-state index in [1.807, 2.05) is 18.2 Å². The van der Waals surface area contributed by atoms with Gasteiger partial charge in [0.1, 0.15) is 5.75 Å². The summed E-state index contributed by atoms with van der Waals surface area (Å²) in [6.45, 7) is 1.94. The van der Waals surface area contributed by atoms with Gasteiger partial charge in [0.15, 0.2) is 6.61 Å². The molecule has 0 radical (unpaired) electrons. The zero-order valence-electron chi connectivity index (χ0n) is 14.6. The van der Waals surface area contributed by atoms with Gasteiger partial charge < -0.3 is 19.6 Å². The highest BCUT2D eigenvalue weighted by atomic mass is 16.5. The van der Waals surface area contributed by atoms with Crippen molar-refractivity contribution in [2.24, 2.45) is 0 Å². The average Bonchev–Trinajstić information content (AvgIpc) is 3.29. The molecule has 4 rings (SSSR count). The van der Waals surface area contributed by atoms with Crippen molar-refractivity contribution in [1.82, 2.24) is 20.1 Å². The van der Waals surface area contributed by atoms with Crippen molar-refractivity contribution in [1.29, 1.82) is 0 Å². The van der Waals surface area contributed by atoms with Crippen LogP contribution in [0, 0.1) is 6.92 Å². The first kappa shape index (κ1) is 16.8. The largest absolute Gasteiger partial charge is 0.485 e. The van der Waals surface area contributed by atoms with Crippen LogP contribution in [-0.4, -0.2) is 26.0 Å². The molecule has 8 nitrogen and oxygen atoms in total. The second-order valence-electron chi connectivity index (χ2n) is 6.02. The Kier molecular flexibility index (Phi) is 4.52. The molecule has 0 atom stereocenters. The number of hydrogen-bond acceptors (Lipinski definition) is 6. The van der Waals surface area contributed by atoms with E-state index >= 15 is 0 Å². The third kappa shape index (κ3) is 4.12. The van der Waals surface area contributed by atoms with Crippen molar-refractivity contribution in [2.45, 2.75) is 20.0 Å². The Morgan fingerprint density at radius 1 is 1.22 bits per heavy atom. The lowest BCUT2D eigenvalue weighted by atomic mass is 10.1. The number of carbonyl (C=O) groups is 1. The van der Waals surface area contributed by atoms with E-state index in [1.165, 1.54) is 0 Å². The van der Waals surface area contributed by atoms with E-state index in [4.69, 9.17) is 9.26 Å². The molecule has 4 aromatic rings. The Bertz CT molecular complexity index is 1070. The molecule has 8 heteroatoms. The minimum Gasteiger partial charge on any atom is -0.485 e. The maximum atomic E-state index is 12.3. The summed E-state index contributed by atoms with van der Waals surface area (Å²) in [6, 6.07) is 12.8. The topological polar surface area (TPSA) is 106 Å². The number of aromatic amines is 1. The Hall–Kier alpha value is -3.68. The van der Waals surface area contributed by atoms with E-state index in [0.717, 1.165) is 16.6 Å². The number of amides is 1. The first-order valence-corrected chi connectivity index (χ1v) is 8.39. The number of benzene rings is 2. The van der Waals surface area contributed by atoms with Crippen molar-refractivity contribution < 1.29 is 14.1 Å². The minimum atomic E-state index is -0.0928. The lowest BCUT2D eigenvalue weighted by molar-refractivity contribution is -0.115. The molecule has 0 unspecified atom stereocenters. The Balaban J connectivity index is 1.32. The highest BCUT2D eigenvalue weighted by Crippen LogP contribution is 2.18. The van der Waals surface area contributed by atoms with Crippen LogP contribution in [0.25, 0.3) is 11.0 Å². The molecule has 0 spiro atoms. The van der Waals surface area contributed by atoms with Gasteiger partial charge in [-0.1, -0.05) is 11.2 Å². The van der Waals surface area contributed by atoms with Crippen molar-refractivity contribution >= 4 is 22.6 Å². The van der Waals surface area contributed by atoms with Crippen molar-refractivity contribution in [3.05, 3.63) is 66.1 Å². The number of rotatable bonds is 6. The molecular weight excluding hydrogens is 346 g/mol. The summed E-state index contributed by atoms with van der Waals surface area (Å²) in [4.78, 5) is 23.5. The average molecular weight is 363 g/mol. The van der Waals surface area contributed by atoms with E-state index in [9.17, 15) is 4.79 Å². The number of anilines is 1. The van der Waals surface area contributed by atoms with Gasteiger partial charge in [0, 0.05) is 12.6 Å². The van der Waals surface area contributed by atoms with Crippen molar-refractivity contribution in [3.8, 4) is 5.75 Å². The molecule has 2 N–H and O–H groups in total. The van der Waals surface area contributed by atoms with E-state index in [2.05, 4.69) is 25.4 Å². The summed E-state index contributed by atoms with van der Waals surface area (Å²) in [5, 5.41) is 6.65. The number of aromatic nitrogens is 4. The second kappa shape index (κ2) is 7.28. The number of H-pyrrole nitrogens is 1. The molecule has 0 saturated heterocycles. The number of ether oxygens (including phenoxy) is 1. The minimum absolute atomic E-state index is 0.0928. The van der Waals surface area contributed by atoms with Crippen LogP contribution in [0.5, 0.6) is 5.75 Å². The Morgan fingerprint density at radius 2 is 2.07 bits per heavy atom. The Morgan fingerprint density at radius 3 is 2.85 bits per heavy atom. The van der Waals surface area contributed by atoms with Gasteiger partial charge in [0.05, 0.1) is 23.8 Å². The third-order valence-electron chi connectivity index (χ3n) is 3.92. The van der Waals surface area contributed by atoms with E-state index < -0.39 is 0 Å². The zero-order chi connectivity index (χ0) is 18.6. The standard InChI is InChI=1S/C19H17N5O3/c1-12-22-18(24-27-12)10-26-15-5-3-14(4-6-15)23-19(25)9-13-2-7-16-17(8-13)21-11-20-16/h2-8,11H,9-10H2,1H3,(H,20,21)(H,23,25). The first-order valence-electron chi connectivity index (χ1n) is 8.39. The lowest BCUT2D eigenvalue weighted by Gasteiger charge is -2.07. The maximum absolute atomic E-state index is 12.3. The van der Waals surface area contributed by atoms with Gasteiger partial charge in [-0.05, 0) is 42.0 Å². The number of carbonyl (C=O) groups excluding carboxylic acids is 1. The second-order valence-corrected chi connectivity index (χ2v) is 6.02. The van der Waals surface area contributed by atoms with Crippen LogP contribution in [0.15, 0.2) is 53.3 Å². The van der Waals surface area contributed by atoms with Gasteiger partial charge in [0.25, 0.3) is 0 Å². The van der Waals surface area contributed by atoms with Crippen LogP contribution in [0.4, 0.5) is 5.69 Å². The van der Waals surface area contributed by atoms with Crippen LogP contribution < -0.4 is 10.1 Å². The number of fused-ring (bicyclic) bond motifs is 1. The molecule has 136 valence electrons. The van der Waals surface area contributed by atoms with Crippen molar-refractivity contribution in [2.75, 3.05) is 5.32 Å². The summed E-state index contributed by atoms with van der Waals surface area (Å²) in [5.41, 5.74) is 3.41. The molecule has 1 amide bonds. The van der Waals surface area contributed by atoms with Crippen LogP contribution in [0.2, 0.25) is 0 Å². The highest BCUT2D eigenvalue weighted by Gasteiger charge is 2.07. The van der Waals surface area contributed by atoms with Crippen LogP contribution in [-0.2, 0) is 17.8 Å². The lowest BCUT2D eigenvalue weighted by Crippen LogP contribution is -2.14. The van der Waals surface area contributed by atoms with Gasteiger partial charge in [-0.3, -0.25) is 4.79 Å². The monoisotopic (exact) mass is 363 g/mol. The molecule has 0 fully saturated rings. The summed E-state index contributed by atoms with van der Waals surface area (Å²) >= 11 is 0. The van der Waals surface area contributed by atoms with Gasteiger partial charge in [-0.2, -0.15) is 4.98 Å². The number of nitrogens with one attached hydrogen (secondary N) is 2. The molecular formula is C19H17N5O3. The van der Waals surface area contributed by atoms with E-state index in [-0.39, 0.29) is 18.9 Å². The number of nitrogens with zero attached hydrogens (tertiary/aromatic N) is 3. The third-order valence-corrected chi connectivity index (χ3v) is 3.92. The van der Waals surface area contributed by atoms with E-state index in [0.29, 0.717) is 23.2 Å². The molecule has 27 heavy (non-hydrogen) atoms. The van der Waals surface area contributed by atoms with Crippen LogP contribution >= 0.6 is 0 Å². The summed E-state index contributed by atoms with van der Waals surface area (Å²) in [7, 11) is 0. The predicted molar refractivity (Wildman–Crippen MR) is 98.2 cm³/mol. The van der Waals surface area contributed by atoms with Gasteiger partial charge in [-0.25, -0.2) is 4.98 Å². The van der Waals surface area contributed by atoms with Crippen molar-refractivity contribution in [3.63, 3.8) is 0 Å². The molecule has 2 aromatic heterocycles. The molecule has 2 aromatic carbocycles. The number of hydrogen-bond donors (Lipinski definition) is 2. The van der Waals surface area contributed by atoms with Gasteiger partial charge in [-0.15, -0.1) is 0 Å². The summed E-state index contributed by atoms with van der Waals surface area (Å²) in [6.07, 6.45) is 1.92. The number of aryl methyl sites for hydroxylation is 1. The van der Waals surface area contributed by atoms with Crippen LogP contribution in [0.1, 0.15) is 17.3 Å². The SMILES string of the molecule is Cc1nc(COc2ccc(NC(=O)Cc3ccc4nc[nH]c4c3)cc2)no1. The summed E-state index contributed by atoms with van der Waals surface area (Å²) in [5.74, 6) is 1.54. The fraction of sp³-hybridized carbons (Fsp3) is 0.158. The normalized spacial score (nSPS) is 10.9. The fourth-order valence-electron chi connectivity index (χ4n) is 2.67. The maximum Gasteiger partial charge on any atom is 0.228 e. The molecule has 0 aliphatic rings. The number of imidazole rings is 1. The Labute approximate surface area is 154 Å². The zero-order valence-corrected chi connectivity index (χ0v) is 14.6. The van der Waals surface area contributed by atoms with Gasteiger partial charge >= 0.3 is 0 Å². The predicted octanol–water partition coefficient (Wildman–Crippen LogP) is 3.01. The highest BCUT2D eigenvalue weighted by molar-refractivity contribution is 5.92. The molecule has 0 bridgehead atoms. The smallest absolute Gasteiger partial charge is 0.228 e. The van der Waals surface area contributed by atoms with E-state index in [1.54, 1.807) is 37.5 Å². The van der Waals surface area contributed by atoms with Crippen LogP contribution in [0.3, 0.4) is 0 Å². The molecule has 2 heterocycles. The molecule has 0 aliphatic heterocycles. The first-order chi connectivity index (χ1) is 13.2.